The van der Waals surface area contributed by atoms with E-state index in [1.54, 1.807) is 0 Å². The topological polar surface area (TPSA) is 78.9 Å². The smallest absolute Gasteiger partial charge is 0.306 e. The lowest BCUT2D eigenvalue weighted by Gasteiger charge is -2.18. The lowest BCUT2D eigenvalue weighted by molar-refractivity contribution is -0.167. The molecule has 1 atom stereocenters. The van der Waals surface area contributed by atoms with Crippen molar-refractivity contribution in [3.63, 3.8) is 0 Å². The molecule has 0 aliphatic heterocycles. The highest BCUT2D eigenvalue weighted by atomic mass is 16.6. The lowest BCUT2D eigenvalue weighted by atomic mass is 10.0. The van der Waals surface area contributed by atoms with Crippen molar-refractivity contribution in [3.8, 4) is 0 Å². The third-order valence-electron chi connectivity index (χ3n) is 11.6. The molecular weight excluding hydrogens is 757 g/mol. The molecular formula is C55H100O6. The molecule has 0 aromatic carbocycles. The maximum Gasteiger partial charge on any atom is 0.306 e. The molecule has 0 aliphatic rings. The number of carbonyl (C=O) groups is 3. The van der Waals surface area contributed by atoms with Gasteiger partial charge in [0, 0.05) is 19.3 Å². The largest absolute Gasteiger partial charge is 0.462 e. The third-order valence-corrected chi connectivity index (χ3v) is 11.6. The second-order valence-electron chi connectivity index (χ2n) is 17.8. The summed E-state index contributed by atoms with van der Waals surface area (Å²) in [7, 11) is 0. The standard InChI is InChI=1S/C55H100O6/c1-4-7-10-13-16-19-22-25-26-27-28-29-30-31-34-36-39-42-45-48-54(57)60-51-52(61-55(58)49-46-43-40-37-33-24-21-18-15-12-9-6-3)50-59-53(56)47-44-41-38-35-32-23-20-17-14-11-8-5-2/h16,18-19,21-22,25,52H,4-15,17,20,23-24,26-51H2,1-3H3/b19-16-,21-18-,25-22-. The molecule has 356 valence electrons. The number of esters is 3. The summed E-state index contributed by atoms with van der Waals surface area (Å²) >= 11 is 0. The Kier molecular flexibility index (Phi) is 48.3. The van der Waals surface area contributed by atoms with Crippen molar-refractivity contribution in [1.29, 1.82) is 0 Å². The van der Waals surface area contributed by atoms with Gasteiger partial charge in [0.2, 0.25) is 0 Å². The van der Waals surface area contributed by atoms with E-state index in [2.05, 4.69) is 57.2 Å². The monoisotopic (exact) mass is 857 g/mol. The summed E-state index contributed by atoms with van der Waals surface area (Å²) in [4.78, 5) is 37.9. The zero-order valence-corrected chi connectivity index (χ0v) is 40.7. The van der Waals surface area contributed by atoms with E-state index >= 15 is 0 Å². The minimum absolute atomic E-state index is 0.0734. The highest BCUT2D eigenvalue weighted by Gasteiger charge is 2.19. The molecule has 0 aliphatic carbocycles. The fraction of sp³-hybridized carbons (Fsp3) is 0.836. The van der Waals surface area contributed by atoms with E-state index in [0.29, 0.717) is 19.3 Å². The number of ether oxygens (including phenoxy) is 3. The van der Waals surface area contributed by atoms with Gasteiger partial charge < -0.3 is 14.2 Å². The molecule has 0 heterocycles. The number of hydrogen-bond acceptors (Lipinski definition) is 6. The average molecular weight is 857 g/mol. The second-order valence-corrected chi connectivity index (χ2v) is 17.8. The van der Waals surface area contributed by atoms with Crippen molar-refractivity contribution in [2.75, 3.05) is 13.2 Å². The van der Waals surface area contributed by atoms with E-state index in [1.807, 2.05) is 0 Å². The quantitative estimate of drug-likeness (QED) is 0.0199. The van der Waals surface area contributed by atoms with Crippen molar-refractivity contribution in [2.45, 2.75) is 284 Å². The van der Waals surface area contributed by atoms with Crippen LogP contribution in [0.4, 0.5) is 0 Å². The van der Waals surface area contributed by atoms with E-state index in [0.717, 1.165) is 64.2 Å². The predicted octanol–water partition coefficient (Wildman–Crippen LogP) is 17.3. The van der Waals surface area contributed by atoms with Gasteiger partial charge in [-0.25, -0.2) is 0 Å². The minimum atomic E-state index is -0.773. The van der Waals surface area contributed by atoms with E-state index in [1.165, 1.54) is 173 Å². The van der Waals surface area contributed by atoms with Crippen molar-refractivity contribution in [1.82, 2.24) is 0 Å². The van der Waals surface area contributed by atoms with Crippen LogP contribution in [0.25, 0.3) is 0 Å². The summed E-state index contributed by atoms with van der Waals surface area (Å²) < 4.78 is 16.8. The first-order valence-corrected chi connectivity index (χ1v) is 26.5. The van der Waals surface area contributed by atoms with Crippen molar-refractivity contribution < 1.29 is 28.6 Å². The maximum atomic E-state index is 12.8. The Labute approximate surface area is 378 Å². The molecule has 1 unspecified atom stereocenters. The van der Waals surface area contributed by atoms with E-state index in [-0.39, 0.29) is 31.1 Å². The SMILES string of the molecule is CCCCC/C=C\C=C/CCCCCCCCCCCCC(=O)OCC(COC(=O)CCCCCCCCCCCCCC)OC(=O)CCCCCCC/C=C\CCCCC. The van der Waals surface area contributed by atoms with Crippen LogP contribution in [0.15, 0.2) is 36.5 Å². The highest BCUT2D eigenvalue weighted by molar-refractivity contribution is 5.71. The van der Waals surface area contributed by atoms with E-state index in [4.69, 9.17) is 14.2 Å². The fourth-order valence-corrected chi connectivity index (χ4v) is 7.60. The van der Waals surface area contributed by atoms with Crippen LogP contribution < -0.4 is 0 Å². The summed E-state index contributed by atoms with van der Waals surface area (Å²) in [6, 6.07) is 0. The number of rotatable bonds is 48. The Morgan fingerprint density at radius 2 is 0.590 bits per heavy atom. The Bertz CT molecular complexity index is 1030. The van der Waals surface area contributed by atoms with Gasteiger partial charge in [-0.1, -0.05) is 224 Å². The summed E-state index contributed by atoms with van der Waals surface area (Å²) in [5, 5.41) is 0. The number of allylic oxidation sites excluding steroid dienone is 6. The van der Waals surface area contributed by atoms with Gasteiger partial charge in [0.25, 0.3) is 0 Å². The van der Waals surface area contributed by atoms with Gasteiger partial charge in [0.05, 0.1) is 0 Å². The van der Waals surface area contributed by atoms with E-state index in [9.17, 15) is 14.4 Å². The van der Waals surface area contributed by atoms with Gasteiger partial charge in [-0.15, -0.1) is 0 Å². The molecule has 0 saturated carbocycles. The van der Waals surface area contributed by atoms with Crippen LogP contribution >= 0.6 is 0 Å². The summed E-state index contributed by atoms with van der Waals surface area (Å²) in [6.07, 6.45) is 58.4. The molecule has 0 aromatic rings. The molecule has 6 nitrogen and oxygen atoms in total. The Morgan fingerprint density at radius 1 is 0.328 bits per heavy atom. The first kappa shape index (κ1) is 58.6. The third kappa shape index (κ3) is 48.5. The van der Waals surface area contributed by atoms with Gasteiger partial charge in [-0.3, -0.25) is 14.4 Å². The van der Waals surface area contributed by atoms with Crippen LogP contribution in [0.2, 0.25) is 0 Å². The highest BCUT2D eigenvalue weighted by Crippen LogP contribution is 2.15. The summed E-state index contributed by atoms with van der Waals surface area (Å²) in [5.74, 6) is -0.876. The van der Waals surface area contributed by atoms with Crippen LogP contribution in [-0.2, 0) is 28.6 Å². The predicted molar refractivity (Wildman–Crippen MR) is 261 cm³/mol. The molecule has 0 aromatic heterocycles. The number of carbonyl (C=O) groups excluding carboxylic acids is 3. The molecule has 0 fully saturated rings. The van der Waals surface area contributed by atoms with Crippen molar-refractivity contribution >= 4 is 17.9 Å². The summed E-state index contributed by atoms with van der Waals surface area (Å²) in [6.45, 7) is 6.59. The van der Waals surface area contributed by atoms with Gasteiger partial charge in [-0.2, -0.15) is 0 Å². The van der Waals surface area contributed by atoms with Crippen LogP contribution in [0, 0.1) is 0 Å². The van der Waals surface area contributed by atoms with Crippen molar-refractivity contribution in [3.05, 3.63) is 36.5 Å². The van der Waals surface area contributed by atoms with Gasteiger partial charge in [-0.05, 0) is 70.6 Å². The number of hydrogen-bond donors (Lipinski definition) is 0. The summed E-state index contributed by atoms with van der Waals surface area (Å²) in [5.41, 5.74) is 0. The zero-order valence-electron chi connectivity index (χ0n) is 40.7. The van der Waals surface area contributed by atoms with E-state index < -0.39 is 6.10 Å². The number of unbranched alkanes of at least 4 members (excludes halogenated alkanes) is 32. The van der Waals surface area contributed by atoms with Gasteiger partial charge >= 0.3 is 17.9 Å². The Hall–Kier alpha value is -2.37. The first-order valence-electron chi connectivity index (χ1n) is 26.5. The molecule has 6 heteroatoms. The average Bonchev–Trinajstić information content (AvgIpc) is 3.26. The lowest BCUT2D eigenvalue weighted by Crippen LogP contribution is -2.30. The molecule has 61 heavy (non-hydrogen) atoms. The molecule has 0 bridgehead atoms. The second kappa shape index (κ2) is 50.3. The minimum Gasteiger partial charge on any atom is -0.462 e. The van der Waals surface area contributed by atoms with Gasteiger partial charge in [0.15, 0.2) is 6.10 Å². The fourth-order valence-electron chi connectivity index (χ4n) is 7.60. The Balaban J connectivity index is 4.31. The molecule has 0 N–H and O–H groups in total. The van der Waals surface area contributed by atoms with Crippen LogP contribution in [0.1, 0.15) is 278 Å². The van der Waals surface area contributed by atoms with Crippen LogP contribution in [0.3, 0.4) is 0 Å². The molecule has 0 radical (unpaired) electrons. The Morgan fingerprint density at radius 3 is 0.951 bits per heavy atom. The van der Waals surface area contributed by atoms with Gasteiger partial charge in [0.1, 0.15) is 13.2 Å². The molecule has 0 saturated heterocycles. The maximum absolute atomic E-state index is 12.8. The normalized spacial score (nSPS) is 12.2. The molecule has 0 rings (SSSR count). The van der Waals surface area contributed by atoms with Crippen LogP contribution in [0.5, 0.6) is 0 Å². The molecule has 0 amide bonds. The molecule has 0 spiro atoms. The zero-order chi connectivity index (χ0) is 44.4. The first-order chi connectivity index (χ1) is 30.0. The van der Waals surface area contributed by atoms with Crippen LogP contribution in [-0.4, -0.2) is 37.2 Å². The van der Waals surface area contributed by atoms with Crippen molar-refractivity contribution in [2.24, 2.45) is 0 Å².